The van der Waals surface area contributed by atoms with Gasteiger partial charge in [-0.3, -0.25) is 19.3 Å². The van der Waals surface area contributed by atoms with Gasteiger partial charge >= 0.3 is 6.18 Å². The molecule has 10 heteroatoms. The van der Waals surface area contributed by atoms with E-state index in [-0.39, 0.29) is 0 Å². The maximum absolute atomic E-state index is 13.8. The smallest absolute Gasteiger partial charge is 0.408 e. The van der Waals surface area contributed by atoms with Crippen molar-refractivity contribution in [2.24, 2.45) is 0 Å². The summed E-state index contributed by atoms with van der Waals surface area (Å²) in [5.41, 5.74) is 2.60. The SMILES string of the molecule is CCc1cccc2c1[C@H](N1CN([C@H](C)C(F)(F)F)C(=O)c3c(O)c(=O)ccn31)c1ccccc1SC2. The molecule has 0 spiro atoms. The lowest BCUT2D eigenvalue weighted by molar-refractivity contribution is -0.173. The number of fused-ring (bicyclic) bond motifs is 3. The first-order valence-corrected chi connectivity index (χ1v) is 12.5. The Morgan fingerprint density at radius 3 is 2.58 bits per heavy atom. The molecule has 0 unspecified atom stereocenters. The molecule has 2 aliphatic heterocycles. The number of hydrogen-bond donors (Lipinski definition) is 1. The van der Waals surface area contributed by atoms with E-state index >= 15 is 0 Å². The van der Waals surface area contributed by atoms with E-state index in [1.807, 2.05) is 49.4 Å². The fourth-order valence-corrected chi connectivity index (χ4v) is 6.03. The number of rotatable bonds is 3. The third-order valence-electron chi connectivity index (χ3n) is 6.87. The Morgan fingerprint density at radius 2 is 1.86 bits per heavy atom. The van der Waals surface area contributed by atoms with Crippen LogP contribution in [0.2, 0.25) is 0 Å². The highest BCUT2D eigenvalue weighted by molar-refractivity contribution is 7.98. The minimum Gasteiger partial charge on any atom is -0.502 e. The molecule has 0 radical (unpaired) electrons. The quantitative estimate of drug-likeness (QED) is 0.542. The van der Waals surface area contributed by atoms with Crippen LogP contribution >= 0.6 is 11.8 Å². The van der Waals surface area contributed by atoms with Gasteiger partial charge in [-0.15, -0.1) is 11.8 Å². The molecule has 3 heterocycles. The van der Waals surface area contributed by atoms with Crippen molar-refractivity contribution in [2.45, 2.75) is 49.2 Å². The normalized spacial score (nSPS) is 18.2. The number of aryl methyl sites for hydroxylation is 1. The Morgan fingerprint density at radius 1 is 1.11 bits per heavy atom. The van der Waals surface area contributed by atoms with Crippen LogP contribution in [0.4, 0.5) is 13.2 Å². The van der Waals surface area contributed by atoms with Gasteiger partial charge in [0.2, 0.25) is 5.43 Å². The van der Waals surface area contributed by atoms with Crippen LogP contribution in [0, 0.1) is 0 Å². The predicted molar refractivity (Wildman–Crippen MR) is 131 cm³/mol. The topological polar surface area (TPSA) is 65.8 Å². The van der Waals surface area contributed by atoms with Gasteiger partial charge in [0.1, 0.15) is 12.7 Å². The van der Waals surface area contributed by atoms with E-state index in [9.17, 15) is 27.9 Å². The zero-order valence-electron chi connectivity index (χ0n) is 19.6. The van der Waals surface area contributed by atoms with Crippen LogP contribution in [-0.4, -0.2) is 39.5 Å². The Hall–Kier alpha value is -3.40. The Kier molecular flexibility index (Phi) is 6.02. The molecular weight excluding hydrogens is 491 g/mol. The van der Waals surface area contributed by atoms with Crippen molar-refractivity contribution in [1.82, 2.24) is 9.58 Å². The second-order valence-corrected chi connectivity index (χ2v) is 9.88. The second kappa shape index (κ2) is 8.92. The number of aromatic nitrogens is 1. The molecule has 2 atom stereocenters. The highest BCUT2D eigenvalue weighted by Gasteiger charge is 2.47. The van der Waals surface area contributed by atoms with Crippen LogP contribution in [0.15, 0.2) is 64.4 Å². The van der Waals surface area contributed by atoms with Crippen molar-refractivity contribution in [1.29, 1.82) is 0 Å². The van der Waals surface area contributed by atoms with Gasteiger partial charge in [-0.25, -0.2) is 0 Å². The molecular formula is C26H24F3N3O3S. The molecule has 0 saturated carbocycles. The fourth-order valence-electron chi connectivity index (χ4n) is 4.95. The molecule has 6 nitrogen and oxygen atoms in total. The monoisotopic (exact) mass is 515 g/mol. The molecule has 188 valence electrons. The largest absolute Gasteiger partial charge is 0.502 e. The van der Waals surface area contributed by atoms with Crippen molar-refractivity contribution in [3.05, 3.63) is 92.9 Å². The minimum atomic E-state index is -4.70. The molecule has 0 bridgehead atoms. The van der Waals surface area contributed by atoms with Crippen molar-refractivity contribution in [3.8, 4) is 5.75 Å². The molecule has 3 aromatic rings. The van der Waals surface area contributed by atoms with Crippen LogP contribution in [0.1, 0.15) is 52.6 Å². The lowest BCUT2D eigenvalue weighted by atomic mass is 9.89. The molecule has 2 aromatic carbocycles. The summed E-state index contributed by atoms with van der Waals surface area (Å²) in [6.07, 6.45) is -2.65. The van der Waals surface area contributed by atoms with E-state index in [0.717, 1.165) is 40.1 Å². The van der Waals surface area contributed by atoms with Crippen LogP contribution in [0.25, 0.3) is 0 Å². The number of hydrogen-bond acceptors (Lipinski definition) is 5. The number of aromatic hydroxyl groups is 1. The molecule has 2 aliphatic rings. The molecule has 0 aliphatic carbocycles. The van der Waals surface area contributed by atoms with E-state index < -0.39 is 47.7 Å². The first kappa shape index (κ1) is 24.3. The van der Waals surface area contributed by atoms with Gasteiger partial charge in [0.15, 0.2) is 11.4 Å². The summed E-state index contributed by atoms with van der Waals surface area (Å²) in [4.78, 5) is 27.2. The van der Waals surface area contributed by atoms with Gasteiger partial charge in [-0.2, -0.15) is 13.2 Å². The maximum atomic E-state index is 13.8. The Labute approximate surface area is 209 Å². The third-order valence-corrected chi connectivity index (χ3v) is 8.01. The molecule has 5 rings (SSSR count). The van der Waals surface area contributed by atoms with Crippen molar-refractivity contribution >= 4 is 17.7 Å². The van der Waals surface area contributed by atoms with Crippen molar-refractivity contribution in [3.63, 3.8) is 0 Å². The van der Waals surface area contributed by atoms with E-state index in [1.165, 1.54) is 10.9 Å². The van der Waals surface area contributed by atoms with E-state index in [4.69, 9.17) is 0 Å². The summed E-state index contributed by atoms with van der Waals surface area (Å²) >= 11 is 1.64. The standard InChI is InChI=1S/C26H24F3N3O3S/c1-3-16-7-6-8-17-13-36-20-10-5-4-9-18(20)22(21(16)17)32-14-30(15(2)26(27,28)29)25(35)23-24(34)19(33)11-12-31(23)32/h4-12,15,22,34H,3,13-14H2,1-2H3/t15-,22-/m1/s1. The molecule has 36 heavy (non-hydrogen) atoms. The lowest BCUT2D eigenvalue weighted by Gasteiger charge is -2.46. The van der Waals surface area contributed by atoms with Gasteiger partial charge in [0, 0.05) is 22.9 Å². The van der Waals surface area contributed by atoms with Gasteiger partial charge < -0.3 is 10.0 Å². The van der Waals surface area contributed by atoms with Crippen LogP contribution in [0.3, 0.4) is 0 Å². The predicted octanol–water partition coefficient (Wildman–Crippen LogP) is 4.81. The summed E-state index contributed by atoms with van der Waals surface area (Å²) in [5, 5.41) is 12.2. The lowest BCUT2D eigenvalue weighted by Crippen LogP contribution is -2.60. The maximum Gasteiger partial charge on any atom is 0.408 e. The summed E-state index contributed by atoms with van der Waals surface area (Å²) in [6, 6.07) is 12.1. The van der Waals surface area contributed by atoms with E-state index in [1.54, 1.807) is 16.8 Å². The summed E-state index contributed by atoms with van der Waals surface area (Å²) in [6.45, 7) is 2.53. The molecule has 1 N–H and O–H groups in total. The zero-order chi connectivity index (χ0) is 25.8. The minimum absolute atomic E-state index is 0.393. The fraction of sp³-hybridized carbons (Fsp3) is 0.308. The number of alkyl halides is 3. The average molecular weight is 516 g/mol. The zero-order valence-corrected chi connectivity index (χ0v) is 20.4. The second-order valence-electron chi connectivity index (χ2n) is 8.87. The van der Waals surface area contributed by atoms with Gasteiger partial charge in [-0.05, 0) is 41.7 Å². The number of carbonyl (C=O) groups excluding carboxylic acids is 1. The number of nitrogens with zero attached hydrogens (tertiary/aromatic N) is 3. The van der Waals surface area contributed by atoms with E-state index in [2.05, 4.69) is 0 Å². The van der Waals surface area contributed by atoms with Crippen LogP contribution in [0.5, 0.6) is 5.75 Å². The number of amides is 1. The summed E-state index contributed by atoms with van der Waals surface area (Å²) in [5.74, 6) is -1.24. The van der Waals surface area contributed by atoms with Gasteiger partial charge in [0.25, 0.3) is 5.91 Å². The average Bonchev–Trinajstić information content (AvgIpc) is 3.02. The first-order chi connectivity index (χ1) is 17.1. The third kappa shape index (κ3) is 3.84. The Bertz CT molecular complexity index is 1410. The van der Waals surface area contributed by atoms with Crippen LogP contribution in [-0.2, 0) is 12.2 Å². The van der Waals surface area contributed by atoms with Crippen molar-refractivity contribution < 1.29 is 23.1 Å². The number of thioether (sulfide) groups is 1. The first-order valence-electron chi connectivity index (χ1n) is 11.5. The molecule has 0 fully saturated rings. The van der Waals surface area contributed by atoms with Crippen molar-refractivity contribution in [2.75, 3.05) is 11.7 Å². The van der Waals surface area contributed by atoms with E-state index in [0.29, 0.717) is 17.1 Å². The number of pyridine rings is 1. The summed E-state index contributed by atoms with van der Waals surface area (Å²) < 4.78 is 42.9. The van der Waals surface area contributed by atoms with Gasteiger partial charge in [-0.1, -0.05) is 43.3 Å². The molecule has 1 amide bonds. The number of halogens is 3. The molecule has 0 saturated heterocycles. The highest BCUT2D eigenvalue weighted by atomic mass is 32.2. The van der Waals surface area contributed by atoms with Gasteiger partial charge in [0.05, 0.1) is 6.04 Å². The number of carbonyl (C=O) groups is 1. The van der Waals surface area contributed by atoms with Crippen LogP contribution < -0.4 is 10.4 Å². The Balaban J connectivity index is 1.81. The highest BCUT2D eigenvalue weighted by Crippen LogP contribution is 2.44. The number of benzene rings is 2. The molecule has 1 aromatic heterocycles. The summed E-state index contributed by atoms with van der Waals surface area (Å²) in [7, 11) is 0.